The molecule has 0 aliphatic carbocycles. The summed E-state index contributed by atoms with van der Waals surface area (Å²) in [5.41, 5.74) is 1.23. The Labute approximate surface area is 90.6 Å². The fraction of sp³-hybridized carbons (Fsp3) is 0.500. The molecule has 1 aromatic carbocycles. The number of nitrogens with zero attached hydrogens (tertiary/aromatic N) is 1. The third-order valence-electron chi connectivity index (χ3n) is 2.88. The highest BCUT2D eigenvalue weighted by Gasteiger charge is 2.18. The van der Waals surface area contributed by atoms with Gasteiger partial charge < -0.3 is 14.4 Å². The molecule has 1 aliphatic heterocycles. The van der Waals surface area contributed by atoms with Crippen molar-refractivity contribution < 1.29 is 9.47 Å². The third-order valence-corrected chi connectivity index (χ3v) is 2.88. The van der Waals surface area contributed by atoms with Crippen LogP contribution in [0, 0.1) is 0 Å². The lowest BCUT2D eigenvalue weighted by Gasteiger charge is -2.20. The molecule has 0 saturated carbocycles. The minimum Gasteiger partial charge on any atom is -0.454 e. The van der Waals surface area contributed by atoms with Crippen LogP contribution in [-0.2, 0) is 6.42 Å². The van der Waals surface area contributed by atoms with Crippen LogP contribution in [-0.4, -0.2) is 31.8 Å². The fourth-order valence-corrected chi connectivity index (χ4v) is 1.65. The maximum absolute atomic E-state index is 5.47. The molecule has 0 bridgehead atoms. The quantitative estimate of drug-likeness (QED) is 0.755. The standard InChI is InChI=1S/C12H17NO2/c1-9(13(2)3)7-10-5-4-6-11-12(10)15-8-14-11/h4-6,9H,7-8H2,1-3H3. The van der Waals surface area contributed by atoms with Gasteiger partial charge >= 0.3 is 0 Å². The van der Waals surface area contributed by atoms with Crippen molar-refractivity contribution in [2.75, 3.05) is 20.9 Å². The predicted octanol–water partition coefficient (Wildman–Crippen LogP) is 1.91. The van der Waals surface area contributed by atoms with E-state index in [9.17, 15) is 0 Å². The summed E-state index contributed by atoms with van der Waals surface area (Å²) in [4.78, 5) is 2.20. The number of hydrogen-bond acceptors (Lipinski definition) is 3. The Morgan fingerprint density at radius 2 is 2.13 bits per heavy atom. The average Bonchev–Trinajstić information content (AvgIpc) is 2.66. The number of ether oxygens (including phenoxy) is 2. The molecule has 0 saturated heterocycles. The monoisotopic (exact) mass is 207 g/mol. The Morgan fingerprint density at radius 1 is 1.33 bits per heavy atom. The molecule has 0 aromatic heterocycles. The molecule has 15 heavy (non-hydrogen) atoms. The Morgan fingerprint density at radius 3 is 2.87 bits per heavy atom. The molecule has 0 fully saturated rings. The van der Waals surface area contributed by atoms with E-state index in [2.05, 4.69) is 32.0 Å². The van der Waals surface area contributed by atoms with E-state index in [4.69, 9.17) is 9.47 Å². The van der Waals surface area contributed by atoms with Gasteiger partial charge in [0.1, 0.15) is 0 Å². The van der Waals surface area contributed by atoms with Gasteiger partial charge in [0.05, 0.1) is 0 Å². The number of benzene rings is 1. The van der Waals surface area contributed by atoms with Gasteiger partial charge in [-0.3, -0.25) is 0 Å². The number of hydrogen-bond donors (Lipinski definition) is 0. The fourth-order valence-electron chi connectivity index (χ4n) is 1.65. The average molecular weight is 207 g/mol. The van der Waals surface area contributed by atoms with Crippen LogP contribution < -0.4 is 9.47 Å². The Hall–Kier alpha value is -1.22. The lowest BCUT2D eigenvalue weighted by atomic mass is 10.1. The highest BCUT2D eigenvalue weighted by atomic mass is 16.7. The maximum atomic E-state index is 5.47. The van der Waals surface area contributed by atoms with E-state index in [1.165, 1.54) is 5.56 Å². The zero-order valence-electron chi connectivity index (χ0n) is 9.49. The topological polar surface area (TPSA) is 21.7 Å². The molecule has 1 aromatic rings. The number of likely N-dealkylation sites (N-methyl/N-ethyl adjacent to an activating group) is 1. The van der Waals surface area contributed by atoms with Gasteiger partial charge in [-0.05, 0) is 39.1 Å². The normalized spacial score (nSPS) is 15.7. The van der Waals surface area contributed by atoms with Crippen molar-refractivity contribution >= 4 is 0 Å². The lowest BCUT2D eigenvalue weighted by Crippen LogP contribution is -2.26. The second-order valence-electron chi connectivity index (χ2n) is 4.17. The van der Waals surface area contributed by atoms with Crippen LogP contribution >= 0.6 is 0 Å². The van der Waals surface area contributed by atoms with Gasteiger partial charge in [0, 0.05) is 6.04 Å². The molecule has 0 radical (unpaired) electrons. The van der Waals surface area contributed by atoms with Crippen LogP contribution in [0.4, 0.5) is 0 Å². The van der Waals surface area contributed by atoms with Crippen molar-refractivity contribution in [2.24, 2.45) is 0 Å². The smallest absolute Gasteiger partial charge is 0.231 e. The third kappa shape index (κ3) is 2.07. The summed E-state index contributed by atoms with van der Waals surface area (Å²) in [5.74, 6) is 1.80. The molecule has 1 aliphatic rings. The van der Waals surface area contributed by atoms with Gasteiger partial charge in [0.25, 0.3) is 0 Å². The second-order valence-corrected chi connectivity index (χ2v) is 4.17. The first kappa shape index (κ1) is 10.3. The van der Waals surface area contributed by atoms with Crippen LogP contribution in [0.5, 0.6) is 11.5 Å². The zero-order valence-corrected chi connectivity index (χ0v) is 9.49. The van der Waals surface area contributed by atoms with Crippen molar-refractivity contribution in [3.63, 3.8) is 0 Å². The van der Waals surface area contributed by atoms with Gasteiger partial charge in [-0.2, -0.15) is 0 Å². The van der Waals surface area contributed by atoms with Crippen LogP contribution in [0.15, 0.2) is 18.2 Å². The van der Waals surface area contributed by atoms with E-state index >= 15 is 0 Å². The number of fused-ring (bicyclic) bond motifs is 1. The van der Waals surface area contributed by atoms with E-state index < -0.39 is 0 Å². The summed E-state index contributed by atoms with van der Waals surface area (Å²) in [7, 11) is 4.18. The molecule has 1 heterocycles. The summed E-state index contributed by atoms with van der Waals surface area (Å²) in [6.07, 6.45) is 0.986. The van der Waals surface area contributed by atoms with E-state index in [0.717, 1.165) is 17.9 Å². The molecule has 2 rings (SSSR count). The van der Waals surface area contributed by atoms with Gasteiger partial charge in [-0.1, -0.05) is 12.1 Å². The molecule has 1 atom stereocenters. The molecule has 0 spiro atoms. The lowest BCUT2D eigenvalue weighted by molar-refractivity contribution is 0.173. The summed E-state index contributed by atoms with van der Waals surface area (Å²) in [6, 6.07) is 6.57. The van der Waals surface area contributed by atoms with E-state index in [0.29, 0.717) is 12.8 Å². The molecular formula is C12H17NO2. The molecule has 0 amide bonds. The highest BCUT2D eigenvalue weighted by molar-refractivity contribution is 5.48. The molecule has 3 heteroatoms. The second kappa shape index (κ2) is 4.11. The van der Waals surface area contributed by atoms with Crippen LogP contribution in [0.25, 0.3) is 0 Å². The van der Waals surface area contributed by atoms with Crippen molar-refractivity contribution in [1.82, 2.24) is 4.90 Å². The number of para-hydroxylation sites is 1. The first-order chi connectivity index (χ1) is 7.18. The first-order valence-corrected chi connectivity index (χ1v) is 5.22. The number of rotatable bonds is 3. The minimum atomic E-state index is 0.350. The highest BCUT2D eigenvalue weighted by Crippen LogP contribution is 2.35. The molecule has 82 valence electrons. The SMILES string of the molecule is CC(Cc1cccc2c1OCO2)N(C)C. The van der Waals surface area contributed by atoms with Gasteiger partial charge in [-0.15, -0.1) is 0 Å². The van der Waals surface area contributed by atoms with Crippen molar-refractivity contribution in [2.45, 2.75) is 19.4 Å². The summed E-state index contributed by atoms with van der Waals surface area (Å²) in [5, 5.41) is 0. The molecule has 3 nitrogen and oxygen atoms in total. The Bertz CT molecular complexity index is 349. The molecular weight excluding hydrogens is 190 g/mol. The largest absolute Gasteiger partial charge is 0.454 e. The van der Waals surface area contributed by atoms with E-state index in [1.807, 2.05) is 12.1 Å². The van der Waals surface area contributed by atoms with Gasteiger partial charge in [0.15, 0.2) is 11.5 Å². The Balaban J connectivity index is 2.19. The summed E-state index contributed by atoms with van der Waals surface area (Å²) >= 11 is 0. The minimum absolute atomic E-state index is 0.350. The van der Waals surface area contributed by atoms with Crippen molar-refractivity contribution in [1.29, 1.82) is 0 Å². The van der Waals surface area contributed by atoms with Crippen LogP contribution in [0.3, 0.4) is 0 Å². The van der Waals surface area contributed by atoms with Crippen molar-refractivity contribution in [3.8, 4) is 11.5 Å². The van der Waals surface area contributed by atoms with Gasteiger partial charge in [0.2, 0.25) is 6.79 Å². The van der Waals surface area contributed by atoms with Crippen molar-refractivity contribution in [3.05, 3.63) is 23.8 Å². The zero-order chi connectivity index (χ0) is 10.8. The maximum Gasteiger partial charge on any atom is 0.231 e. The van der Waals surface area contributed by atoms with Crippen LogP contribution in [0.2, 0.25) is 0 Å². The summed E-state index contributed by atoms with van der Waals surface area (Å²) in [6.45, 7) is 2.55. The summed E-state index contributed by atoms with van der Waals surface area (Å²) < 4.78 is 10.8. The molecule has 1 unspecified atom stereocenters. The predicted molar refractivity (Wildman–Crippen MR) is 59.4 cm³/mol. The Kier molecular flexibility index (Phi) is 2.82. The first-order valence-electron chi connectivity index (χ1n) is 5.22. The molecule has 0 N–H and O–H groups in total. The van der Waals surface area contributed by atoms with E-state index in [1.54, 1.807) is 0 Å². The van der Waals surface area contributed by atoms with Gasteiger partial charge in [-0.25, -0.2) is 0 Å². The van der Waals surface area contributed by atoms with Crippen LogP contribution in [0.1, 0.15) is 12.5 Å². The van der Waals surface area contributed by atoms with E-state index in [-0.39, 0.29) is 0 Å².